The van der Waals surface area contributed by atoms with Crippen molar-refractivity contribution < 1.29 is 14.0 Å². The molecule has 0 aliphatic rings. The molecule has 0 amide bonds. The minimum absolute atomic E-state index is 0.164. The summed E-state index contributed by atoms with van der Waals surface area (Å²) in [6, 6.07) is 10.9. The lowest BCUT2D eigenvalue weighted by atomic mass is 10.1. The second-order valence-electron chi connectivity index (χ2n) is 3.78. The first-order valence-electron chi connectivity index (χ1n) is 5.44. The molecule has 1 atom stereocenters. The first-order chi connectivity index (χ1) is 8.84. The second kappa shape index (κ2) is 4.46. The van der Waals surface area contributed by atoms with E-state index in [1.54, 1.807) is 18.2 Å². The Labute approximate surface area is 103 Å². The summed E-state index contributed by atoms with van der Waals surface area (Å²) in [4.78, 5) is 4.14. The van der Waals surface area contributed by atoms with E-state index >= 15 is 0 Å². The number of benzene rings is 1. The Hall–Kier alpha value is -2.40. The number of aliphatic hydroxyl groups excluding tert-OH is 1. The summed E-state index contributed by atoms with van der Waals surface area (Å²) < 4.78 is 9.99. The number of hydrogen-bond acceptors (Lipinski definition) is 5. The molecule has 0 aliphatic carbocycles. The number of aliphatic hydroxyl groups is 1. The van der Waals surface area contributed by atoms with Gasteiger partial charge in [0.25, 0.3) is 5.89 Å². The minimum Gasteiger partial charge on any atom is -0.472 e. The Balaban J connectivity index is 1.90. The van der Waals surface area contributed by atoms with Gasteiger partial charge in [0.2, 0.25) is 5.82 Å². The number of furan rings is 1. The molecule has 1 N–H and O–H groups in total. The lowest BCUT2D eigenvalue weighted by Gasteiger charge is -2.04. The van der Waals surface area contributed by atoms with Crippen LogP contribution in [0.25, 0.3) is 11.4 Å². The third-order valence-corrected chi connectivity index (χ3v) is 2.57. The van der Waals surface area contributed by atoms with Crippen LogP contribution in [0.15, 0.2) is 57.9 Å². The van der Waals surface area contributed by atoms with E-state index < -0.39 is 6.10 Å². The maximum Gasteiger partial charge on any atom is 0.260 e. The number of nitrogens with zero attached hydrogens (tertiary/aromatic N) is 2. The standard InChI is InChI=1S/C13H10N2O3/c16-11(9-4-2-1-3-5-9)13-14-12(15-18-13)10-6-7-17-8-10/h1-8,11,16H. The summed E-state index contributed by atoms with van der Waals surface area (Å²) in [7, 11) is 0. The molecule has 90 valence electrons. The second-order valence-corrected chi connectivity index (χ2v) is 3.78. The maximum atomic E-state index is 10.1. The molecule has 3 rings (SSSR count). The smallest absolute Gasteiger partial charge is 0.260 e. The molecule has 0 fully saturated rings. The molecule has 18 heavy (non-hydrogen) atoms. The molecule has 2 aromatic heterocycles. The van der Waals surface area contributed by atoms with Crippen molar-refractivity contribution in [2.45, 2.75) is 6.10 Å². The first kappa shape index (κ1) is 10.7. The van der Waals surface area contributed by atoms with Crippen LogP contribution in [-0.2, 0) is 0 Å². The Bertz CT molecular complexity index is 617. The van der Waals surface area contributed by atoms with Crippen LogP contribution in [-0.4, -0.2) is 15.2 Å². The van der Waals surface area contributed by atoms with Gasteiger partial charge >= 0.3 is 0 Å². The number of aromatic nitrogens is 2. The summed E-state index contributed by atoms with van der Waals surface area (Å²) >= 11 is 0. The van der Waals surface area contributed by atoms with Crippen molar-refractivity contribution in [3.05, 3.63) is 60.4 Å². The van der Waals surface area contributed by atoms with Crippen molar-refractivity contribution in [1.82, 2.24) is 10.1 Å². The normalized spacial score (nSPS) is 12.5. The molecule has 0 saturated carbocycles. The number of rotatable bonds is 3. The van der Waals surface area contributed by atoms with Crippen LogP contribution in [0, 0.1) is 0 Å². The quantitative estimate of drug-likeness (QED) is 0.763. The molecule has 3 aromatic rings. The summed E-state index contributed by atoms with van der Waals surface area (Å²) in [6.07, 6.45) is 2.13. The molecule has 2 heterocycles. The van der Waals surface area contributed by atoms with Crippen LogP contribution in [0.1, 0.15) is 17.6 Å². The molecule has 0 saturated heterocycles. The van der Waals surface area contributed by atoms with Crippen LogP contribution < -0.4 is 0 Å². The van der Waals surface area contributed by atoms with Gasteiger partial charge in [0.05, 0.1) is 11.8 Å². The molecule has 0 spiro atoms. The van der Waals surface area contributed by atoms with E-state index in [0.717, 1.165) is 0 Å². The van der Waals surface area contributed by atoms with Crippen molar-refractivity contribution in [3.63, 3.8) is 0 Å². The van der Waals surface area contributed by atoms with Crippen molar-refractivity contribution in [1.29, 1.82) is 0 Å². The molecule has 5 nitrogen and oxygen atoms in total. The Kier molecular flexibility index (Phi) is 2.66. The lowest BCUT2D eigenvalue weighted by molar-refractivity contribution is 0.170. The summed E-state index contributed by atoms with van der Waals surface area (Å²) in [5.41, 5.74) is 1.42. The van der Waals surface area contributed by atoms with E-state index in [0.29, 0.717) is 17.0 Å². The van der Waals surface area contributed by atoms with Crippen LogP contribution in [0.3, 0.4) is 0 Å². The molecule has 1 aromatic carbocycles. The van der Waals surface area contributed by atoms with E-state index in [2.05, 4.69) is 10.1 Å². The summed E-state index contributed by atoms with van der Waals surface area (Å²) in [5, 5.41) is 13.9. The fraction of sp³-hybridized carbons (Fsp3) is 0.0769. The van der Waals surface area contributed by atoms with Gasteiger partial charge in [0.15, 0.2) is 6.10 Å². The van der Waals surface area contributed by atoms with E-state index in [-0.39, 0.29) is 5.89 Å². The molecule has 0 bridgehead atoms. The topological polar surface area (TPSA) is 72.3 Å². The molecule has 0 radical (unpaired) electrons. The fourth-order valence-electron chi connectivity index (χ4n) is 1.63. The lowest BCUT2D eigenvalue weighted by Crippen LogP contribution is -1.99. The zero-order valence-electron chi connectivity index (χ0n) is 9.35. The zero-order chi connectivity index (χ0) is 12.4. The van der Waals surface area contributed by atoms with E-state index in [1.807, 2.05) is 18.2 Å². The highest BCUT2D eigenvalue weighted by molar-refractivity contribution is 5.51. The monoisotopic (exact) mass is 242 g/mol. The molecular formula is C13H10N2O3. The molecular weight excluding hydrogens is 232 g/mol. The largest absolute Gasteiger partial charge is 0.472 e. The third-order valence-electron chi connectivity index (χ3n) is 2.57. The van der Waals surface area contributed by atoms with Gasteiger partial charge in [-0.3, -0.25) is 0 Å². The summed E-state index contributed by atoms with van der Waals surface area (Å²) in [5.74, 6) is 0.561. The third kappa shape index (κ3) is 1.91. The zero-order valence-corrected chi connectivity index (χ0v) is 9.35. The average molecular weight is 242 g/mol. The van der Waals surface area contributed by atoms with Crippen LogP contribution >= 0.6 is 0 Å². The van der Waals surface area contributed by atoms with Gasteiger partial charge < -0.3 is 14.0 Å². The molecule has 1 unspecified atom stereocenters. The Morgan fingerprint density at radius 1 is 1.11 bits per heavy atom. The van der Waals surface area contributed by atoms with Gasteiger partial charge in [-0.25, -0.2) is 0 Å². The van der Waals surface area contributed by atoms with Crippen LogP contribution in [0.5, 0.6) is 0 Å². The predicted molar refractivity (Wildman–Crippen MR) is 62.5 cm³/mol. The van der Waals surface area contributed by atoms with E-state index in [1.165, 1.54) is 12.5 Å². The van der Waals surface area contributed by atoms with Gasteiger partial charge in [-0.15, -0.1) is 0 Å². The van der Waals surface area contributed by atoms with Crippen LogP contribution in [0.4, 0.5) is 0 Å². The SMILES string of the molecule is OC(c1ccccc1)c1nc(-c2ccoc2)no1. The summed E-state index contributed by atoms with van der Waals surface area (Å²) in [6.45, 7) is 0. The number of hydrogen-bond donors (Lipinski definition) is 1. The maximum absolute atomic E-state index is 10.1. The Morgan fingerprint density at radius 3 is 2.67 bits per heavy atom. The highest BCUT2D eigenvalue weighted by Gasteiger charge is 2.18. The molecule has 5 heteroatoms. The van der Waals surface area contributed by atoms with Gasteiger partial charge in [-0.2, -0.15) is 4.98 Å². The van der Waals surface area contributed by atoms with Crippen LogP contribution in [0.2, 0.25) is 0 Å². The van der Waals surface area contributed by atoms with Crippen molar-refractivity contribution >= 4 is 0 Å². The first-order valence-corrected chi connectivity index (χ1v) is 5.44. The highest BCUT2D eigenvalue weighted by atomic mass is 16.5. The van der Waals surface area contributed by atoms with E-state index in [9.17, 15) is 5.11 Å². The highest BCUT2D eigenvalue weighted by Crippen LogP contribution is 2.23. The van der Waals surface area contributed by atoms with Gasteiger partial charge in [-0.1, -0.05) is 35.5 Å². The Morgan fingerprint density at radius 2 is 1.94 bits per heavy atom. The fourth-order valence-corrected chi connectivity index (χ4v) is 1.63. The van der Waals surface area contributed by atoms with Crippen molar-refractivity contribution in [2.75, 3.05) is 0 Å². The molecule has 0 aliphatic heterocycles. The average Bonchev–Trinajstić information content (AvgIpc) is 3.09. The van der Waals surface area contributed by atoms with E-state index in [4.69, 9.17) is 8.94 Å². The predicted octanol–water partition coefficient (Wildman–Crippen LogP) is 2.41. The van der Waals surface area contributed by atoms with Crippen molar-refractivity contribution in [3.8, 4) is 11.4 Å². The van der Waals surface area contributed by atoms with Gasteiger partial charge in [0, 0.05) is 0 Å². The minimum atomic E-state index is -0.917. The van der Waals surface area contributed by atoms with Gasteiger partial charge in [-0.05, 0) is 11.6 Å². The van der Waals surface area contributed by atoms with Crippen molar-refractivity contribution in [2.24, 2.45) is 0 Å². The van der Waals surface area contributed by atoms with Gasteiger partial charge in [0.1, 0.15) is 6.26 Å².